The minimum Gasteiger partial charge on any atom is -0.480 e. The summed E-state index contributed by atoms with van der Waals surface area (Å²) in [4.78, 5) is 110. The van der Waals surface area contributed by atoms with E-state index in [1.54, 1.807) is 13.8 Å². The number of thiol groups is 1. The highest BCUT2D eigenvalue weighted by atomic mass is 32.1. The number of nitrogens with one attached hydrogen (secondary N) is 8. The van der Waals surface area contributed by atoms with E-state index in [2.05, 4.69) is 69.5 Å². The van der Waals surface area contributed by atoms with Gasteiger partial charge in [0, 0.05) is 48.9 Å². The first-order valence-electron chi connectivity index (χ1n) is 19.2. The summed E-state index contributed by atoms with van der Waals surface area (Å²) < 4.78 is 0. The van der Waals surface area contributed by atoms with Crippen molar-refractivity contribution in [3.8, 4) is 0 Å². The number of nitrogens with two attached hydrogens (primary N) is 3. The van der Waals surface area contributed by atoms with E-state index in [-0.39, 0.29) is 68.6 Å². The van der Waals surface area contributed by atoms with Gasteiger partial charge < -0.3 is 64.2 Å². The van der Waals surface area contributed by atoms with E-state index in [1.807, 2.05) is 13.8 Å². The molecule has 0 fully saturated rings. The van der Waals surface area contributed by atoms with Crippen LogP contribution in [-0.2, 0) is 46.4 Å². The summed E-state index contributed by atoms with van der Waals surface area (Å²) in [5, 5.41) is 25.1. The molecule has 0 aliphatic heterocycles. The van der Waals surface area contributed by atoms with Crippen LogP contribution in [0.15, 0.2) is 30.0 Å². The molecule has 7 atom stereocenters. The Labute approximate surface area is 348 Å². The first kappa shape index (κ1) is 49.4. The smallest absolute Gasteiger partial charge is 0.326 e. The van der Waals surface area contributed by atoms with Crippen LogP contribution >= 0.6 is 12.6 Å². The van der Waals surface area contributed by atoms with Gasteiger partial charge in [0.1, 0.15) is 36.3 Å². The van der Waals surface area contributed by atoms with Crippen LogP contribution in [0.3, 0.4) is 0 Å². The van der Waals surface area contributed by atoms with Gasteiger partial charge in [-0.3, -0.25) is 33.8 Å². The molecule has 6 amide bonds. The van der Waals surface area contributed by atoms with E-state index in [0.717, 1.165) is 0 Å². The molecule has 0 aliphatic carbocycles. The second-order valence-electron chi connectivity index (χ2n) is 14.9. The van der Waals surface area contributed by atoms with Gasteiger partial charge in [0.15, 0.2) is 5.96 Å². The van der Waals surface area contributed by atoms with Gasteiger partial charge in [-0.2, -0.15) is 12.6 Å². The number of nitrogens with zero attached hydrogens (tertiary/aromatic N) is 3. The highest BCUT2D eigenvalue weighted by Gasteiger charge is 2.33. The van der Waals surface area contributed by atoms with Gasteiger partial charge in [-0.05, 0) is 44.4 Å². The maximum absolute atomic E-state index is 13.8. The number of guanidine groups is 1. The molecule has 0 bridgehead atoms. The van der Waals surface area contributed by atoms with Crippen molar-refractivity contribution in [2.75, 3.05) is 12.3 Å². The number of rotatable bonds is 26. The molecule has 0 aliphatic rings. The molecule has 2 aromatic rings. The molecule has 0 spiro atoms. The lowest BCUT2D eigenvalue weighted by Crippen LogP contribution is -2.60. The molecule has 0 radical (unpaired) electrons. The summed E-state index contributed by atoms with van der Waals surface area (Å²) in [5.41, 5.74) is 18.1. The minimum absolute atomic E-state index is 0.00582. The number of carboxylic acid groups (broad SMARTS) is 1. The molecule has 59 heavy (non-hydrogen) atoms. The third-order valence-corrected chi connectivity index (χ3v) is 9.12. The number of H-pyrrole nitrogens is 2. The van der Waals surface area contributed by atoms with E-state index in [1.165, 1.54) is 32.0 Å². The Morgan fingerprint density at radius 3 is 1.68 bits per heavy atom. The lowest BCUT2D eigenvalue weighted by Gasteiger charge is -2.27. The molecule has 2 rings (SSSR count). The molecular weight excluding hydrogens is 789 g/mol. The normalized spacial score (nSPS) is 14.7. The molecule has 0 saturated heterocycles. The van der Waals surface area contributed by atoms with Crippen molar-refractivity contribution in [3.05, 3.63) is 36.4 Å². The van der Waals surface area contributed by atoms with Crippen LogP contribution in [0.25, 0.3) is 0 Å². The maximum atomic E-state index is 13.8. The molecule has 23 heteroatoms. The van der Waals surface area contributed by atoms with Crippen molar-refractivity contribution in [2.24, 2.45) is 34.0 Å². The van der Waals surface area contributed by atoms with Crippen LogP contribution in [0.4, 0.5) is 0 Å². The fraction of sp³-hybridized carbons (Fsp3) is 0.611. The number of amides is 6. The average molecular weight is 849 g/mol. The van der Waals surface area contributed by atoms with Crippen LogP contribution in [-0.4, -0.2) is 127 Å². The topological polar surface area (TPSA) is 360 Å². The van der Waals surface area contributed by atoms with Crippen LogP contribution < -0.4 is 49.1 Å². The number of imidazole rings is 2. The molecule has 0 saturated carbocycles. The molecule has 2 aromatic heterocycles. The zero-order chi connectivity index (χ0) is 44.2. The third kappa shape index (κ3) is 18.2. The van der Waals surface area contributed by atoms with Gasteiger partial charge in [-0.1, -0.05) is 27.7 Å². The maximum Gasteiger partial charge on any atom is 0.326 e. The summed E-state index contributed by atoms with van der Waals surface area (Å²) in [6, 6.07) is -8.33. The predicted molar refractivity (Wildman–Crippen MR) is 220 cm³/mol. The Morgan fingerprint density at radius 1 is 0.678 bits per heavy atom. The van der Waals surface area contributed by atoms with E-state index in [9.17, 15) is 38.7 Å². The van der Waals surface area contributed by atoms with Gasteiger partial charge in [0.2, 0.25) is 35.4 Å². The van der Waals surface area contributed by atoms with Crippen LogP contribution in [0, 0.1) is 11.8 Å². The Balaban J connectivity index is 2.22. The van der Waals surface area contributed by atoms with Crippen LogP contribution in [0.5, 0.6) is 0 Å². The van der Waals surface area contributed by atoms with Crippen molar-refractivity contribution >= 4 is 60.0 Å². The van der Waals surface area contributed by atoms with Crippen molar-refractivity contribution in [3.63, 3.8) is 0 Å². The monoisotopic (exact) mass is 848 g/mol. The summed E-state index contributed by atoms with van der Waals surface area (Å²) in [7, 11) is 0. The summed E-state index contributed by atoms with van der Waals surface area (Å²) in [5.74, 6) is -6.15. The molecule has 2 heterocycles. The Morgan fingerprint density at radius 2 is 1.15 bits per heavy atom. The Bertz CT molecular complexity index is 1700. The van der Waals surface area contributed by atoms with Gasteiger partial charge in [0.25, 0.3) is 0 Å². The largest absolute Gasteiger partial charge is 0.480 e. The van der Waals surface area contributed by atoms with Crippen LogP contribution in [0.1, 0.15) is 71.7 Å². The lowest BCUT2D eigenvalue weighted by atomic mass is 10.0. The van der Waals surface area contributed by atoms with E-state index >= 15 is 0 Å². The summed E-state index contributed by atoms with van der Waals surface area (Å²) >= 11 is 4.18. The number of carbonyl (C=O) groups excluding carboxylic acids is 6. The highest BCUT2D eigenvalue weighted by molar-refractivity contribution is 7.80. The summed E-state index contributed by atoms with van der Waals surface area (Å²) in [6.45, 7) is 8.72. The molecule has 15 N–H and O–H groups in total. The number of carboxylic acids is 1. The van der Waals surface area contributed by atoms with Crippen molar-refractivity contribution in [1.82, 2.24) is 51.8 Å². The quantitative estimate of drug-likeness (QED) is 0.0199. The molecule has 0 unspecified atom stereocenters. The Hall–Kier alpha value is -5.71. The minimum atomic E-state index is -1.25. The molecule has 328 valence electrons. The van der Waals surface area contributed by atoms with Crippen molar-refractivity contribution in [1.29, 1.82) is 0 Å². The zero-order valence-corrected chi connectivity index (χ0v) is 34.9. The SMILES string of the molecule is CC(C)C[C@H](NC(=O)[C@H](CS)NC(=O)[C@H](CC(C)C)NC(=O)[C@H](CCCN=C(N)N)NC(=O)[C@H](C)NC(=O)[C@H](Cc1cnc[nH]1)NC(=O)[C@@H](N)Cc1cnc[nH]1)C(=O)O. The van der Waals surface area contributed by atoms with Gasteiger partial charge in [-0.15, -0.1) is 0 Å². The van der Waals surface area contributed by atoms with Gasteiger partial charge in [-0.25, -0.2) is 14.8 Å². The van der Waals surface area contributed by atoms with Gasteiger partial charge in [0.05, 0.1) is 18.7 Å². The number of carbonyl (C=O) groups is 7. The predicted octanol–water partition coefficient (Wildman–Crippen LogP) is -2.67. The van der Waals surface area contributed by atoms with Crippen molar-refractivity contribution in [2.45, 2.75) is 115 Å². The number of hydrogen-bond acceptors (Lipinski definition) is 12. The number of aromatic amines is 2. The second-order valence-corrected chi connectivity index (χ2v) is 15.3. The van der Waals surface area contributed by atoms with Crippen LogP contribution in [0.2, 0.25) is 0 Å². The fourth-order valence-corrected chi connectivity index (χ4v) is 5.94. The molecular formula is C36H60N14O8S. The standard InChI is InChI=1S/C36H60N14O8S/c1-18(2)9-25(33(55)50-28(15-59)34(56)49-27(35(57)58)10-19(3)4)48-31(53)24(7-6-8-42-36(38)39)46-29(51)20(5)45-32(54)26(12-22-14-41-17-44-22)47-30(52)23(37)11-21-13-40-16-43-21/h13-14,16-20,23-28,59H,6-12,15,37H2,1-5H3,(H,40,43)(H,41,44)(H,45,54)(H,46,51)(H,47,52)(H,48,53)(H,49,56)(H,50,55)(H,57,58)(H4,38,39,42)/t20-,23-,24-,25-,26-,27-,28-/m0/s1. The number of hydrogen-bond donors (Lipinski definition) is 13. The zero-order valence-electron chi connectivity index (χ0n) is 34.0. The fourth-order valence-electron chi connectivity index (χ4n) is 5.69. The first-order valence-corrected chi connectivity index (χ1v) is 19.9. The average Bonchev–Trinajstić information content (AvgIpc) is 3.88. The third-order valence-electron chi connectivity index (χ3n) is 8.75. The van der Waals surface area contributed by atoms with Crippen molar-refractivity contribution < 1.29 is 38.7 Å². The number of aliphatic imine (C=N–C) groups is 1. The molecule has 0 aromatic carbocycles. The van der Waals surface area contributed by atoms with E-state index < -0.39 is 83.7 Å². The summed E-state index contributed by atoms with van der Waals surface area (Å²) in [6.07, 6.45) is 6.44. The highest BCUT2D eigenvalue weighted by Crippen LogP contribution is 2.10. The van der Waals surface area contributed by atoms with E-state index in [0.29, 0.717) is 11.4 Å². The number of aliphatic carboxylic acids is 1. The van der Waals surface area contributed by atoms with Gasteiger partial charge >= 0.3 is 5.97 Å². The number of aromatic nitrogens is 4. The second kappa shape index (κ2) is 24.9. The Kier molecular flexibility index (Phi) is 20.9. The molecule has 22 nitrogen and oxygen atoms in total. The van der Waals surface area contributed by atoms with E-state index in [4.69, 9.17) is 17.2 Å². The lowest BCUT2D eigenvalue weighted by molar-refractivity contribution is -0.142. The first-order chi connectivity index (χ1) is 27.8.